The van der Waals surface area contributed by atoms with Crippen LogP contribution in [0.1, 0.15) is 21.5 Å². The number of hydrogen-bond donors (Lipinski definition) is 2. The van der Waals surface area contributed by atoms with E-state index in [4.69, 9.17) is 33.7 Å². The number of morpholine rings is 1. The van der Waals surface area contributed by atoms with E-state index in [1.807, 2.05) is 18.2 Å². The number of hydrogen-bond acceptors (Lipinski definition) is 4. The van der Waals surface area contributed by atoms with Crippen molar-refractivity contribution in [2.75, 3.05) is 49.6 Å². The average Bonchev–Trinajstić information content (AvgIpc) is 2.87. The predicted octanol–water partition coefficient (Wildman–Crippen LogP) is 5.05. The van der Waals surface area contributed by atoms with Crippen molar-refractivity contribution in [3.63, 3.8) is 0 Å². The fourth-order valence-corrected chi connectivity index (χ4v) is 4.35. The lowest BCUT2D eigenvalue weighted by atomic mass is 9.98. The zero-order valence-corrected chi connectivity index (χ0v) is 21.3. The first-order chi connectivity index (χ1) is 17.4. The molecule has 1 heterocycles. The van der Waals surface area contributed by atoms with E-state index in [1.54, 1.807) is 53.4 Å². The number of benzene rings is 3. The van der Waals surface area contributed by atoms with Crippen molar-refractivity contribution in [3.8, 4) is 0 Å². The topological polar surface area (TPSA) is 87.9 Å². The van der Waals surface area contributed by atoms with E-state index in [2.05, 4.69) is 10.2 Å². The molecular weight excluding hydrogens is 499 g/mol. The number of rotatable bonds is 8. The molecule has 3 aromatic rings. The van der Waals surface area contributed by atoms with Crippen molar-refractivity contribution in [2.24, 2.45) is 5.73 Å². The Balaban J connectivity index is 1.62. The van der Waals surface area contributed by atoms with Crippen LogP contribution < -0.4 is 16.0 Å². The molecule has 0 bridgehead atoms. The Kier molecular flexibility index (Phi) is 8.83. The molecule has 7 nitrogen and oxygen atoms in total. The van der Waals surface area contributed by atoms with Crippen molar-refractivity contribution in [1.82, 2.24) is 4.90 Å². The summed E-state index contributed by atoms with van der Waals surface area (Å²) in [7, 11) is 0. The van der Waals surface area contributed by atoms with E-state index in [0.717, 1.165) is 24.2 Å². The third-order valence-electron chi connectivity index (χ3n) is 6.06. The fraction of sp³-hybridized carbons (Fsp3) is 0.259. The Labute approximate surface area is 220 Å². The van der Waals surface area contributed by atoms with Gasteiger partial charge in [0.15, 0.2) is 0 Å². The highest BCUT2D eigenvalue weighted by atomic mass is 35.5. The normalized spacial score (nSPS) is 13.8. The predicted molar refractivity (Wildman–Crippen MR) is 144 cm³/mol. The molecule has 1 aliphatic rings. The quantitative estimate of drug-likeness (QED) is 0.429. The smallest absolute Gasteiger partial charge is 0.326 e. The summed E-state index contributed by atoms with van der Waals surface area (Å²) >= 11 is 12.0. The van der Waals surface area contributed by atoms with Crippen LogP contribution in [-0.2, 0) is 11.2 Å². The molecule has 0 radical (unpaired) electrons. The van der Waals surface area contributed by atoms with Gasteiger partial charge in [-0.1, -0.05) is 35.3 Å². The van der Waals surface area contributed by atoms with E-state index in [-0.39, 0.29) is 6.03 Å². The van der Waals surface area contributed by atoms with Crippen LogP contribution in [0, 0.1) is 0 Å². The molecule has 1 aliphatic heterocycles. The molecule has 1 saturated heterocycles. The van der Waals surface area contributed by atoms with Crippen molar-refractivity contribution in [1.29, 1.82) is 0 Å². The van der Waals surface area contributed by atoms with Gasteiger partial charge in [0, 0.05) is 53.2 Å². The lowest BCUT2D eigenvalue weighted by Gasteiger charge is -2.30. The molecule has 36 heavy (non-hydrogen) atoms. The zero-order chi connectivity index (χ0) is 25.5. The first-order valence-electron chi connectivity index (χ1n) is 11.7. The van der Waals surface area contributed by atoms with E-state index < -0.39 is 5.91 Å². The number of carbonyl (C=O) groups excluding carboxylic acids is 2. The number of carbonyl (C=O) groups is 2. The van der Waals surface area contributed by atoms with Crippen molar-refractivity contribution in [3.05, 3.63) is 93.5 Å². The molecule has 0 unspecified atom stereocenters. The van der Waals surface area contributed by atoms with E-state index in [0.29, 0.717) is 59.7 Å². The van der Waals surface area contributed by atoms with Crippen LogP contribution in [0.5, 0.6) is 0 Å². The summed E-state index contributed by atoms with van der Waals surface area (Å²) in [5.74, 6) is -0.518. The standard InChI is InChI=1S/C27H28Cl2N4O3/c28-21-3-1-19(2-4-21)17-20-18-24(9-10-25(20)26(30)34)33(12-11-32-13-15-36-16-14-32)27(35)31-23-7-5-22(29)6-8-23/h1-10,18H,11-17H2,(H2,30,34)(H,31,35). The number of amides is 3. The van der Waals surface area contributed by atoms with Crippen molar-refractivity contribution >= 4 is 46.5 Å². The van der Waals surface area contributed by atoms with Gasteiger partial charge in [0.05, 0.1) is 13.2 Å². The molecule has 9 heteroatoms. The number of urea groups is 1. The van der Waals surface area contributed by atoms with Gasteiger partial charge in [-0.25, -0.2) is 4.79 Å². The SMILES string of the molecule is NC(=O)c1ccc(N(CCN2CCOCC2)C(=O)Nc2ccc(Cl)cc2)cc1Cc1ccc(Cl)cc1. The Bertz CT molecular complexity index is 1200. The third-order valence-corrected chi connectivity index (χ3v) is 6.56. The summed E-state index contributed by atoms with van der Waals surface area (Å²) in [6.45, 7) is 4.12. The van der Waals surface area contributed by atoms with Gasteiger partial charge in [-0.05, 0) is 72.1 Å². The van der Waals surface area contributed by atoms with Gasteiger partial charge in [0.25, 0.3) is 0 Å². The van der Waals surface area contributed by atoms with Gasteiger partial charge in [0.2, 0.25) is 5.91 Å². The number of nitrogens with zero attached hydrogens (tertiary/aromatic N) is 2. The third kappa shape index (κ3) is 6.98. The van der Waals surface area contributed by atoms with Gasteiger partial charge in [-0.2, -0.15) is 0 Å². The summed E-state index contributed by atoms with van der Waals surface area (Å²) < 4.78 is 5.45. The minimum atomic E-state index is -0.518. The second-order valence-electron chi connectivity index (χ2n) is 8.55. The number of primary amides is 1. The number of halogens is 2. The van der Waals surface area contributed by atoms with Crippen LogP contribution in [0.2, 0.25) is 10.0 Å². The largest absolute Gasteiger partial charge is 0.379 e. The van der Waals surface area contributed by atoms with E-state index in [9.17, 15) is 9.59 Å². The van der Waals surface area contributed by atoms with Gasteiger partial charge in [0.1, 0.15) is 0 Å². The molecule has 188 valence electrons. The fourth-order valence-electron chi connectivity index (χ4n) is 4.10. The van der Waals surface area contributed by atoms with Gasteiger partial charge < -0.3 is 15.8 Å². The molecule has 0 aromatic heterocycles. The van der Waals surface area contributed by atoms with Gasteiger partial charge in [-0.15, -0.1) is 0 Å². The molecule has 3 aromatic carbocycles. The van der Waals surface area contributed by atoms with Crippen LogP contribution in [0.15, 0.2) is 66.7 Å². The lowest BCUT2D eigenvalue weighted by Crippen LogP contribution is -2.44. The van der Waals surface area contributed by atoms with Crippen molar-refractivity contribution < 1.29 is 14.3 Å². The Morgan fingerprint density at radius 1 is 0.944 bits per heavy atom. The molecule has 0 saturated carbocycles. The number of nitrogens with one attached hydrogen (secondary N) is 1. The molecular formula is C27H28Cl2N4O3. The number of anilines is 2. The monoisotopic (exact) mass is 526 g/mol. The van der Waals surface area contributed by atoms with Crippen LogP contribution in [0.25, 0.3) is 0 Å². The highest BCUT2D eigenvalue weighted by Gasteiger charge is 2.21. The maximum Gasteiger partial charge on any atom is 0.326 e. The summed E-state index contributed by atoms with van der Waals surface area (Å²) in [5.41, 5.74) is 9.10. The average molecular weight is 527 g/mol. The van der Waals surface area contributed by atoms with Crippen LogP contribution in [-0.4, -0.2) is 56.2 Å². The minimum absolute atomic E-state index is 0.283. The first kappa shape index (κ1) is 26.0. The Hall–Kier alpha value is -3.10. The summed E-state index contributed by atoms with van der Waals surface area (Å²) in [6.07, 6.45) is 0.472. The first-order valence-corrected chi connectivity index (χ1v) is 12.5. The Morgan fingerprint density at radius 2 is 1.58 bits per heavy atom. The second kappa shape index (κ2) is 12.2. The summed E-state index contributed by atoms with van der Waals surface area (Å²) in [4.78, 5) is 29.5. The molecule has 0 atom stereocenters. The molecule has 0 aliphatic carbocycles. The highest BCUT2D eigenvalue weighted by molar-refractivity contribution is 6.30. The number of ether oxygens (including phenoxy) is 1. The maximum absolute atomic E-state index is 13.4. The maximum atomic E-state index is 13.4. The van der Waals surface area contributed by atoms with Crippen LogP contribution in [0.3, 0.4) is 0 Å². The van der Waals surface area contributed by atoms with Crippen LogP contribution >= 0.6 is 23.2 Å². The molecule has 3 amide bonds. The molecule has 4 rings (SSSR count). The van der Waals surface area contributed by atoms with Gasteiger partial charge in [-0.3, -0.25) is 14.6 Å². The zero-order valence-electron chi connectivity index (χ0n) is 19.8. The van der Waals surface area contributed by atoms with Gasteiger partial charge >= 0.3 is 6.03 Å². The summed E-state index contributed by atoms with van der Waals surface area (Å²) in [6, 6.07) is 19.4. The second-order valence-corrected chi connectivity index (χ2v) is 9.42. The minimum Gasteiger partial charge on any atom is -0.379 e. The summed E-state index contributed by atoms with van der Waals surface area (Å²) in [5, 5.41) is 4.17. The molecule has 0 spiro atoms. The van der Waals surface area contributed by atoms with Crippen molar-refractivity contribution in [2.45, 2.75) is 6.42 Å². The number of nitrogens with two attached hydrogens (primary N) is 1. The Morgan fingerprint density at radius 3 is 2.22 bits per heavy atom. The molecule has 1 fully saturated rings. The van der Waals surface area contributed by atoms with E-state index >= 15 is 0 Å². The highest BCUT2D eigenvalue weighted by Crippen LogP contribution is 2.24. The van der Waals surface area contributed by atoms with Crippen LogP contribution in [0.4, 0.5) is 16.2 Å². The lowest BCUT2D eigenvalue weighted by molar-refractivity contribution is 0.0393. The molecule has 3 N–H and O–H groups in total. The van der Waals surface area contributed by atoms with E-state index in [1.165, 1.54) is 0 Å².